The van der Waals surface area contributed by atoms with Gasteiger partial charge in [0.25, 0.3) is 0 Å². The van der Waals surface area contributed by atoms with Gasteiger partial charge in [-0.25, -0.2) is 4.98 Å². The fraction of sp³-hybridized carbons (Fsp3) is 0.333. The minimum absolute atomic E-state index is 0.102. The highest BCUT2D eigenvalue weighted by molar-refractivity contribution is 7.13. The number of hydrogen-bond donors (Lipinski definition) is 0. The number of allylic oxidation sites excluding steroid dienone is 1. The Morgan fingerprint density at radius 1 is 1.77 bits per heavy atom. The van der Waals surface area contributed by atoms with Crippen molar-refractivity contribution in [3.63, 3.8) is 0 Å². The van der Waals surface area contributed by atoms with Crippen LogP contribution in [0.15, 0.2) is 18.9 Å². The zero-order valence-corrected chi connectivity index (χ0v) is 8.60. The maximum Gasteiger partial charge on any atom is 0.213 e. The van der Waals surface area contributed by atoms with Crippen LogP contribution in [0.1, 0.15) is 14.7 Å². The third kappa shape index (κ3) is 2.75. The summed E-state index contributed by atoms with van der Waals surface area (Å²) >= 11 is 1.42. The van der Waals surface area contributed by atoms with Gasteiger partial charge in [0.15, 0.2) is 5.01 Å². The van der Waals surface area contributed by atoms with Crippen LogP contribution in [0.25, 0.3) is 0 Å². The highest BCUT2D eigenvalue weighted by atomic mass is 32.1. The second kappa shape index (κ2) is 4.30. The number of ketones is 1. The first-order valence-corrected chi connectivity index (χ1v) is 4.71. The molecule has 0 radical (unpaired) electrons. The number of carbonyl (C=O) groups is 1. The molecule has 0 bridgehead atoms. The Kier molecular flexibility index (Phi) is 3.33. The monoisotopic (exact) mass is 196 g/mol. The largest absolute Gasteiger partial charge is 0.304 e. The third-order valence-electron chi connectivity index (χ3n) is 1.42. The molecule has 0 unspecified atom stereocenters. The molecule has 0 aliphatic heterocycles. The van der Waals surface area contributed by atoms with Crippen molar-refractivity contribution in [2.75, 3.05) is 14.1 Å². The zero-order valence-electron chi connectivity index (χ0n) is 7.78. The van der Waals surface area contributed by atoms with E-state index in [1.54, 1.807) is 6.20 Å². The summed E-state index contributed by atoms with van der Waals surface area (Å²) in [6.07, 6.45) is 3.03. The SMILES string of the molecule is C=CC(=O)c1ncc(CN(C)C)s1. The van der Waals surface area contributed by atoms with Gasteiger partial charge in [-0.3, -0.25) is 4.79 Å². The van der Waals surface area contributed by atoms with Crippen LogP contribution in [-0.4, -0.2) is 29.8 Å². The third-order valence-corrected chi connectivity index (χ3v) is 2.42. The predicted octanol–water partition coefficient (Wildman–Crippen LogP) is 1.57. The lowest BCUT2D eigenvalue weighted by Gasteiger charge is -2.05. The molecule has 0 saturated carbocycles. The number of rotatable bonds is 4. The van der Waals surface area contributed by atoms with Crippen molar-refractivity contribution >= 4 is 17.1 Å². The highest BCUT2D eigenvalue weighted by Gasteiger charge is 2.07. The molecule has 4 heteroatoms. The van der Waals surface area contributed by atoms with E-state index in [4.69, 9.17) is 0 Å². The molecule has 0 aliphatic rings. The molecule has 0 aromatic carbocycles. The van der Waals surface area contributed by atoms with Crippen LogP contribution in [0.2, 0.25) is 0 Å². The van der Waals surface area contributed by atoms with E-state index in [-0.39, 0.29) is 5.78 Å². The van der Waals surface area contributed by atoms with Gasteiger partial charge in [-0.2, -0.15) is 0 Å². The molecule has 1 rings (SSSR count). The number of carbonyl (C=O) groups excluding carboxylic acids is 1. The summed E-state index contributed by atoms with van der Waals surface area (Å²) in [4.78, 5) is 18.3. The Morgan fingerprint density at radius 2 is 2.46 bits per heavy atom. The summed E-state index contributed by atoms with van der Waals surface area (Å²) in [5.41, 5.74) is 0. The van der Waals surface area contributed by atoms with Crippen molar-refractivity contribution in [2.45, 2.75) is 6.54 Å². The topological polar surface area (TPSA) is 33.2 Å². The minimum atomic E-state index is -0.102. The summed E-state index contributed by atoms with van der Waals surface area (Å²) in [6, 6.07) is 0. The van der Waals surface area contributed by atoms with Crippen LogP contribution in [0, 0.1) is 0 Å². The molecule has 0 aliphatic carbocycles. The van der Waals surface area contributed by atoms with Crippen LogP contribution in [0.5, 0.6) is 0 Å². The number of nitrogens with zero attached hydrogens (tertiary/aromatic N) is 2. The zero-order chi connectivity index (χ0) is 9.84. The van der Waals surface area contributed by atoms with E-state index < -0.39 is 0 Å². The lowest BCUT2D eigenvalue weighted by Crippen LogP contribution is -2.09. The number of hydrogen-bond acceptors (Lipinski definition) is 4. The first-order valence-electron chi connectivity index (χ1n) is 3.89. The van der Waals surface area contributed by atoms with E-state index in [0.717, 1.165) is 11.4 Å². The van der Waals surface area contributed by atoms with Gasteiger partial charge in [-0.15, -0.1) is 11.3 Å². The van der Waals surface area contributed by atoms with E-state index in [0.29, 0.717) is 5.01 Å². The van der Waals surface area contributed by atoms with Gasteiger partial charge >= 0.3 is 0 Å². The van der Waals surface area contributed by atoms with Gasteiger partial charge < -0.3 is 4.90 Å². The van der Waals surface area contributed by atoms with Gasteiger partial charge in [0.2, 0.25) is 5.78 Å². The summed E-state index contributed by atoms with van der Waals surface area (Å²) in [5.74, 6) is -0.102. The molecule has 3 nitrogen and oxygen atoms in total. The molecule has 0 atom stereocenters. The molecule has 1 aromatic rings. The molecule has 0 N–H and O–H groups in total. The maximum absolute atomic E-state index is 11.1. The fourth-order valence-corrected chi connectivity index (χ4v) is 1.86. The van der Waals surface area contributed by atoms with E-state index in [9.17, 15) is 4.79 Å². The van der Waals surface area contributed by atoms with Crippen LogP contribution in [-0.2, 0) is 6.54 Å². The van der Waals surface area contributed by atoms with Gasteiger partial charge in [0.1, 0.15) is 0 Å². The first-order chi connectivity index (χ1) is 6.13. The Balaban J connectivity index is 2.74. The second-order valence-corrected chi connectivity index (χ2v) is 4.05. The average molecular weight is 196 g/mol. The smallest absolute Gasteiger partial charge is 0.213 e. The van der Waals surface area contributed by atoms with Crippen LogP contribution >= 0.6 is 11.3 Å². The lowest BCUT2D eigenvalue weighted by molar-refractivity contribution is 0.104. The summed E-state index contributed by atoms with van der Waals surface area (Å²) < 4.78 is 0. The molecule has 1 aromatic heterocycles. The van der Waals surface area contributed by atoms with Crippen molar-refractivity contribution in [1.29, 1.82) is 0 Å². The minimum Gasteiger partial charge on any atom is -0.304 e. The van der Waals surface area contributed by atoms with Crippen molar-refractivity contribution in [3.8, 4) is 0 Å². The standard InChI is InChI=1S/C9H12N2OS/c1-4-8(12)9-10-5-7(13-9)6-11(2)3/h4-5H,1,6H2,2-3H3. The highest BCUT2D eigenvalue weighted by Crippen LogP contribution is 2.14. The molecular formula is C9H12N2OS. The molecule has 1 heterocycles. The second-order valence-electron chi connectivity index (χ2n) is 2.94. The van der Waals surface area contributed by atoms with Gasteiger partial charge in [0.05, 0.1) is 0 Å². The Labute approximate surface area is 81.7 Å². The Hall–Kier alpha value is -1.00. The average Bonchev–Trinajstić information content (AvgIpc) is 2.50. The number of thiazole rings is 1. The van der Waals surface area contributed by atoms with E-state index in [1.165, 1.54) is 17.4 Å². The number of aromatic nitrogens is 1. The molecular weight excluding hydrogens is 184 g/mol. The maximum atomic E-state index is 11.1. The van der Waals surface area contributed by atoms with Crippen LogP contribution in [0.4, 0.5) is 0 Å². The van der Waals surface area contributed by atoms with Crippen molar-refractivity contribution in [1.82, 2.24) is 9.88 Å². The molecule has 0 amide bonds. The lowest BCUT2D eigenvalue weighted by atomic mass is 10.4. The quantitative estimate of drug-likeness (QED) is 0.541. The predicted molar refractivity (Wildman–Crippen MR) is 54.0 cm³/mol. The van der Waals surface area contributed by atoms with Gasteiger partial charge in [-0.05, 0) is 20.2 Å². The molecule has 0 spiro atoms. The van der Waals surface area contributed by atoms with E-state index >= 15 is 0 Å². The Morgan fingerprint density at radius 3 is 3.00 bits per heavy atom. The van der Waals surface area contributed by atoms with E-state index in [2.05, 4.69) is 11.6 Å². The van der Waals surface area contributed by atoms with Gasteiger partial charge in [0, 0.05) is 17.6 Å². The van der Waals surface area contributed by atoms with Crippen molar-refractivity contribution in [2.24, 2.45) is 0 Å². The summed E-state index contributed by atoms with van der Waals surface area (Å²) in [7, 11) is 3.96. The summed E-state index contributed by atoms with van der Waals surface area (Å²) in [5, 5.41) is 0.520. The van der Waals surface area contributed by atoms with Crippen LogP contribution < -0.4 is 0 Å². The Bertz CT molecular complexity index is 317. The normalized spacial score (nSPS) is 10.4. The first kappa shape index (κ1) is 10.1. The molecule has 13 heavy (non-hydrogen) atoms. The van der Waals surface area contributed by atoms with Crippen molar-refractivity contribution in [3.05, 3.63) is 28.7 Å². The molecule has 0 saturated heterocycles. The molecule has 70 valence electrons. The van der Waals surface area contributed by atoms with Crippen LogP contribution in [0.3, 0.4) is 0 Å². The van der Waals surface area contributed by atoms with Gasteiger partial charge in [-0.1, -0.05) is 6.58 Å². The molecule has 0 fully saturated rings. The summed E-state index contributed by atoms with van der Waals surface area (Å²) in [6.45, 7) is 4.24. The van der Waals surface area contributed by atoms with Crippen molar-refractivity contribution < 1.29 is 4.79 Å². The van der Waals surface area contributed by atoms with E-state index in [1.807, 2.05) is 19.0 Å². The fourth-order valence-electron chi connectivity index (χ4n) is 0.894.